The molecule has 0 aliphatic carbocycles. The second-order valence-corrected chi connectivity index (χ2v) is 4.27. The summed E-state index contributed by atoms with van der Waals surface area (Å²) in [6, 6.07) is 7.82. The van der Waals surface area contributed by atoms with Crippen LogP contribution in [0.25, 0.3) is 11.3 Å². The predicted molar refractivity (Wildman–Crippen MR) is 64.4 cm³/mol. The maximum atomic E-state index is 9.01. The summed E-state index contributed by atoms with van der Waals surface area (Å²) in [7, 11) is 0. The molecule has 0 unspecified atom stereocenters. The van der Waals surface area contributed by atoms with E-state index < -0.39 is 0 Å². The van der Waals surface area contributed by atoms with Gasteiger partial charge in [-0.25, -0.2) is 4.98 Å². The summed E-state index contributed by atoms with van der Waals surface area (Å²) in [5.41, 5.74) is 1.76. The first-order valence-electron chi connectivity index (χ1n) is 5.94. The maximum Gasteiger partial charge on any atom is 0.154 e. The van der Waals surface area contributed by atoms with Gasteiger partial charge in [-0.1, -0.05) is 5.16 Å². The van der Waals surface area contributed by atoms with Crippen LogP contribution in [-0.2, 0) is 0 Å². The van der Waals surface area contributed by atoms with Crippen molar-refractivity contribution in [2.45, 2.75) is 18.9 Å². The van der Waals surface area contributed by atoms with Gasteiger partial charge in [0, 0.05) is 17.8 Å². The molecule has 2 aromatic rings. The third-order valence-corrected chi connectivity index (χ3v) is 3.12. The topological polar surface area (TPSA) is 74.7 Å². The van der Waals surface area contributed by atoms with E-state index in [1.54, 1.807) is 12.3 Å². The number of hydrogen-bond donors (Lipinski definition) is 1. The molecule has 1 saturated heterocycles. The zero-order valence-electron chi connectivity index (χ0n) is 9.76. The molecule has 3 heterocycles. The van der Waals surface area contributed by atoms with Crippen LogP contribution in [-0.4, -0.2) is 16.7 Å². The van der Waals surface area contributed by atoms with Gasteiger partial charge in [-0.3, -0.25) is 0 Å². The molecular formula is C13H12N4O. The summed E-state index contributed by atoms with van der Waals surface area (Å²) >= 11 is 0. The van der Waals surface area contributed by atoms with Crippen molar-refractivity contribution >= 4 is 0 Å². The minimum absolute atomic E-state index is 0.244. The highest BCUT2D eigenvalue weighted by Gasteiger charge is 2.21. The molecule has 18 heavy (non-hydrogen) atoms. The third kappa shape index (κ3) is 1.87. The van der Waals surface area contributed by atoms with Crippen molar-refractivity contribution < 1.29 is 4.52 Å². The van der Waals surface area contributed by atoms with Gasteiger partial charge in [0.1, 0.15) is 17.5 Å². The highest BCUT2D eigenvalue weighted by Crippen LogP contribution is 2.28. The first-order chi connectivity index (χ1) is 8.88. The number of nitrogens with one attached hydrogen (secondary N) is 1. The number of hydrogen-bond acceptors (Lipinski definition) is 5. The van der Waals surface area contributed by atoms with E-state index >= 15 is 0 Å². The molecule has 0 spiro atoms. The Labute approximate surface area is 104 Å². The molecule has 0 aromatic carbocycles. The molecule has 0 bridgehead atoms. The Hall–Kier alpha value is -2.19. The van der Waals surface area contributed by atoms with Crippen molar-refractivity contribution in [3.63, 3.8) is 0 Å². The van der Waals surface area contributed by atoms with Crippen LogP contribution < -0.4 is 5.32 Å². The average molecular weight is 240 g/mol. The van der Waals surface area contributed by atoms with Crippen molar-refractivity contribution in [3.8, 4) is 17.3 Å². The minimum Gasteiger partial charge on any atom is -0.359 e. The summed E-state index contributed by atoms with van der Waals surface area (Å²) in [6.07, 6.45) is 3.81. The Morgan fingerprint density at radius 2 is 2.44 bits per heavy atom. The van der Waals surface area contributed by atoms with Crippen LogP contribution in [0.4, 0.5) is 0 Å². The van der Waals surface area contributed by atoms with Gasteiger partial charge in [0.15, 0.2) is 5.76 Å². The lowest BCUT2D eigenvalue weighted by Gasteiger charge is -2.02. The Morgan fingerprint density at radius 3 is 3.22 bits per heavy atom. The smallest absolute Gasteiger partial charge is 0.154 e. The second kappa shape index (κ2) is 4.59. The summed E-state index contributed by atoms with van der Waals surface area (Å²) in [4.78, 5) is 4.02. The molecule has 1 atom stereocenters. The Bertz CT molecular complexity index is 593. The lowest BCUT2D eigenvalue weighted by molar-refractivity contribution is 0.353. The van der Waals surface area contributed by atoms with Gasteiger partial charge in [-0.15, -0.1) is 0 Å². The van der Waals surface area contributed by atoms with Gasteiger partial charge in [0.2, 0.25) is 0 Å². The normalized spacial score (nSPS) is 18.7. The molecule has 0 saturated carbocycles. The summed E-state index contributed by atoms with van der Waals surface area (Å²) in [5, 5.41) is 16.4. The summed E-state index contributed by atoms with van der Waals surface area (Å²) < 4.78 is 5.35. The van der Waals surface area contributed by atoms with Crippen molar-refractivity contribution in [3.05, 3.63) is 35.9 Å². The highest BCUT2D eigenvalue weighted by molar-refractivity contribution is 5.64. The van der Waals surface area contributed by atoms with Gasteiger partial charge >= 0.3 is 0 Å². The first-order valence-corrected chi connectivity index (χ1v) is 5.94. The van der Waals surface area contributed by atoms with Crippen LogP contribution >= 0.6 is 0 Å². The lowest BCUT2D eigenvalue weighted by atomic mass is 10.1. The van der Waals surface area contributed by atoms with Crippen LogP contribution in [0.3, 0.4) is 0 Å². The van der Waals surface area contributed by atoms with Crippen LogP contribution in [0, 0.1) is 11.3 Å². The minimum atomic E-state index is 0.244. The lowest BCUT2D eigenvalue weighted by Crippen LogP contribution is -2.11. The van der Waals surface area contributed by atoms with E-state index in [-0.39, 0.29) is 6.04 Å². The number of aromatic nitrogens is 2. The third-order valence-electron chi connectivity index (χ3n) is 3.12. The second-order valence-electron chi connectivity index (χ2n) is 4.27. The fraction of sp³-hybridized carbons (Fsp3) is 0.308. The van der Waals surface area contributed by atoms with Gasteiger partial charge < -0.3 is 9.84 Å². The Kier molecular flexibility index (Phi) is 2.79. The largest absolute Gasteiger partial charge is 0.359 e. The van der Waals surface area contributed by atoms with Gasteiger partial charge in [-0.05, 0) is 31.5 Å². The monoisotopic (exact) mass is 240 g/mol. The summed E-state index contributed by atoms with van der Waals surface area (Å²) in [6.45, 7) is 1.01. The van der Waals surface area contributed by atoms with Crippen molar-refractivity contribution in [2.24, 2.45) is 0 Å². The van der Waals surface area contributed by atoms with E-state index in [1.165, 1.54) is 0 Å². The van der Waals surface area contributed by atoms with E-state index in [1.807, 2.05) is 12.1 Å². The molecule has 2 aromatic heterocycles. The van der Waals surface area contributed by atoms with Gasteiger partial charge in [-0.2, -0.15) is 5.26 Å². The molecule has 0 radical (unpaired) electrons. The fourth-order valence-corrected chi connectivity index (χ4v) is 2.21. The van der Waals surface area contributed by atoms with Crippen LogP contribution in [0.1, 0.15) is 30.3 Å². The molecular weight excluding hydrogens is 228 g/mol. The molecule has 5 heteroatoms. The Morgan fingerprint density at radius 1 is 1.50 bits per heavy atom. The molecule has 5 nitrogen and oxygen atoms in total. The van der Waals surface area contributed by atoms with Crippen molar-refractivity contribution in [1.29, 1.82) is 5.26 Å². The Balaban J connectivity index is 1.95. The molecule has 1 aliphatic rings. The predicted octanol–water partition coefficient (Wildman–Crippen LogP) is 2.03. The molecule has 90 valence electrons. The molecule has 1 aliphatic heterocycles. The van der Waals surface area contributed by atoms with E-state index in [4.69, 9.17) is 9.78 Å². The fourth-order valence-electron chi connectivity index (χ4n) is 2.21. The molecule has 1 fully saturated rings. The standard InChI is InChI=1S/C13H12N4O/c14-8-12-9(3-1-5-16-12)11-7-13(18-17-11)10-4-2-6-15-10/h1,3,5,7,10,15H,2,4,6H2/t10-/m0/s1. The number of nitriles is 1. The van der Waals surface area contributed by atoms with E-state index in [9.17, 15) is 0 Å². The summed E-state index contributed by atoms with van der Waals surface area (Å²) in [5.74, 6) is 0.829. The van der Waals surface area contributed by atoms with E-state index in [0.717, 1.165) is 25.1 Å². The molecule has 1 N–H and O–H groups in total. The zero-order valence-corrected chi connectivity index (χ0v) is 9.76. The molecule has 3 rings (SSSR count). The zero-order chi connectivity index (χ0) is 12.4. The quantitative estimate of drug-likeness (QED) is 0.869. The van der Waals surface area contributed by atoms with Crippen molar-refractivity contribution in [2.75, 3.05) is 6.54 Å². The van der Waals surface area contributed by atoms with E-state index in [0.29, 0.717) is 17.0 Å². The highest BCUT2D eigenvalue weighted by atomic mass is 16.5. The van der Waals surface area contributed by atoms with Crippen LogP contribution in [0.15, 0.2) is 28.9 Å². The SMILES string of the molecule is N#Cc1ncccc1-c1cc([C@@H]2CCCN2)on1. The van der Waals surface area contributed by atoms with Gasteiger partial charge in [0.05, 0.1) is 6.04 Å². The maximum absolute atomic E-state index is 9.01. The number of pyridine rings is 1. The van der Waals surface area contributed by atoms with Gasteiger partial charge in [0.25, 0.3) is 0 Å². The van der Waals surface area contributed by atoms with Crippen molar-refractivity contribution in [1.82, 2.24) is 15.5 Å². The molecule has 0 amide bonds. The average Bonchev–Trinajstić information content (AvgIpc) is 3.09. The number of nitrogens with zero attached hydrogens (tertiary/aromatic N) is 3. The first kappa shape index (κ1) is 10.9. The van der Waals surface area contributed by atoms with Crippen LogP contribution in [0.5, 0.6) is 0 Å². The van der Waals surface area contributed by atoms with E-state index in [2.05, 4.69) is 21.5 Å². The van der Waals surface area contributed by atoms with Crippen LogP contribution in [0.2, 0.25) is 0 Å². The number of rotatable bonds is 2.